The third-order valence-corrected chi connectivity index (χ3v) is 3.82. The second kappa shape index (κ2) is 5.48. The summed E-state index contributed by atoms with van der Waals surface area (Å²) >= 11 is 1.74. The Kier molecular flexibility index (Phi) is 3.99. The molecule has 0 spiro atoms. The minimum Gasteiger partial charge on any atom is -0.335 e. The summed E-state index contributed by atoms with van der Waals surface area (Å²) in [5.41, 5.74) is 0. The molecular weight excluding hydrogens is 218 g/mol. The van der Waals surface area contributed by atoms with E-state index in [2.05, 4.69) is 29.3 Å². The monoisotopic (exact) mass is 237 g/mol. The lowest BCUT2D eigenvalue weighted by atomic mass is 10.2. The second-order valence-corrected chi connectivity index (χ2v) is 5.47. The van der Waals surface area contributed by atoms with Crippen molar-refractivity contribution >= 4 is 17.2 Å². The number of unbranched alkanes of at least 4 members (excludes halogenated alkanes) is 1. The van der Waals surface area contributed by atoms with E-state index in [0.717, 1.165) is 25.8 Å². The van der Waals surface area contributed by atoms with Gasteiger partial charge in [0.2, 0.25) is 5.91 Å². The lowest BCUT2D eigenvalue weighted by Crippen LogP contribution is -2.32. The molecule has 88 valence electrons. The van der Waals surface area contributed by atoms with E-state index in [1.165, 1.54) is 17.7 Å². The van der Waals surface area contributed by atoms with Crippen LogP contribution in [0.3, 0.4) is 0 Å². The van der Waals surface area contributed by atoms with Gasteiger partial charge >= 0.3 is 0 Å². The van der Waals surface area contributed by atoms with Gasteiger partial charge in [0.1, 0.15) is 0 Å². The molecule has 0 N–H and O–H groups in total. The smallest absolute Gasteiger partial charge is 0.223 e. The zero-order valence-corrected chi connectivity index (χ0v) is 10.6. The van der Waals surface area contributed by atoms with Crippen LogP contribution in [0.1, 0.15) is 43.9 Å². The SMILES string of the molecule is CCCCC(=O)N(Cc1cccs1)C1CC1. The Morgan fingerprint density at radius 2 is 2.38 bits per heavy atom. The largest absolute Gasteiger partial charge is 0.335 e. The second-order valence-electron chi connectivity index (χ2n) is 4.44. The summed E-state index contributed by atoms with van der Waals surface area (Å²) in [6.07, 6.45) is 5.24. The zero-order chi connectivity index (χ0) is 11.4. The highest BCUT2D eigenvalue weighted by molar-refractivity contribution is 7.09. The van der Waals surface area contributed by atoms with Crippen molar-refractivity contribution in [2.24, 2.45) is 0 Å². The molecule has 1 aromatic heterocycles. The van der Waals surface area contributed by atoms with Crippen molar-refractivity contribution in [3.8, 4) is 0 Å². The van der Waals surface area contributed by atoms with E-state index in [0.29, 0.717) is 11.9 Å². The molecule has 0 saturated heterocycles. The lowest BCUT2D eigenvalue weighted by Gasteiger charge is -2.21. The zero-order valence-electron chi connectivity index (χ0n) is 9.82. The first-order valence-corrected chi connectivity index (χ1v) is 7.01. The molecule has 0 bridgehead atoms. The molecular formula is C13H19NOS. The summed E-state index contributed by atoms with van der Waals surface area (Å²) in [5.74, 6) is 0.345. The highest BCUT2D eigenvalue weighted by Crippen LogP contribution is 2.30. The van der Waals surface area contributed by atoms with E-state index >= 15 is 0 Å². The molecule has 2 nitrogen and oxygen atoms in total. The molecule has 16 heavy (non-hydrogen) atoms. The van der Waals surface area contributed by atoms with Crippen molar-refractivity contribution in [2.45, 2.75) is 51.6 Å². The maximum atomic E-state index is 12.0. The molecule has 0 aliphatic heterocycles. The number of hydrogen-bond acceptors (Lipinski definition) is 2. The van der Waals surface area contributed by atoms with Gasteiger partial charge in [-0.25, -0.2) is 0 Å². The maximum Gasteiger partial charge on any atom is 0.223 e. The fraction of sp³-hybridized carbons (Fsp3) is 0.615. The van der Waals surface area contributed by atoms with E-state index in [1.54, 1.807) is 11.3 Å². The molecule has 1 saturated carbocycles. The van der Waals surface area contributed by atoms with Crippen molar-refractivity contribution in [3.05, 3.63) is 22.4 Å². The summed E-state index contributed by atoms with van der Waals surface area (Å²) in [5, 5.41) is 2.08. The van der Waals surface area contributed by atoms with Crippen LogP contribution in [0.15, 0.2) is 17.5 Å². The van der Waals surface area contributed by atoms with Crippen molar-refractivity contribution < 1.29 is 4.79 Å². The van der Waals surface area contributed by atoms with Gasteiger partial charge < -0.3 is 4.90 Å². The van der Waals surface area contributed by atoms with E-state index < -0.39 is 0 Å². The van der Waals surface area contributed by atoms with Gasteiger partial charge in [0, 0.05) is 17.3 Å². The number of hydrogen-bond donors (Lipinski definition) is 0. The van der Waals surface area contributed by atoms with Crippen molar-refractivity contribution in [3.63, 3.8) is 0 Å². The van der Waals surface area contributed by atoms with Gasteiger partial charge in [0.25, 0.3) is 0 Å². The minimum atomic E-state index is 0.345. The fourth-order valence-corrected chi connectivity index (χ4v) is 2.55. The van der Waals surface area contributed by atoms with Crippen LogP contribution >= 0.6 is 11.3 Å². The minimum absolute atomic E-state index is 0.345. The van der Waals surface area contributed by atoms with Crippen LogP contribution in [0.25, 0.3) is 0 Å². The standard InChI is InChI=1S/C13H19NOS/c1-2-3-6-13(15)14(11-7-8-11)10-12-5-4-9-16-12/h4-5,9,11H,2-3,6-8,10H2,1H3. The normalized spacial score (nSPS) is 15.1. The van der Waals surface area contributed by atoms with E-state index in [9.17, 15) is 4.79 Å². The molecule has 0 atom stereocenters. The maximum absolute atomic E-state index is 12.0. The van der Waals surface area contributed by atoms with Crippen LogP contribution in [-0.4, -0.2) is 16.8 Å². The van der Waals surface area contributed by atoms with Gasteiger partial charge in [-0.1, -0.05) is 19.4 Å². The third kappa shape index (κ3) is 3.08. The number of rotatable bonds is 6. The Hall–Kier alpha value is -0.830. The van der Waals surface area contributed by atoms with Crippen LogP contribution in [0.4, 0.5) is 0 Å². The van der Waals surface area contributed by atoms with Gasteiger partial charge in [-0.15, -0.1) is 11.3 Å². The Balaban J connectivity index is 1.92. The van der Waals surface area contributed by atoms with Crippen LogP contribution in [-0.2, 0) is 11.3 Å². The number of carbonyl (C=O) groups is 1. The summed E-state index contributed by atoms with van der Waals surface area (Å²) in [7, 11) is 0. The average Bonchev–Trinajstić information content (AvgIpc) is 3.00. The number of carbonyl (C=O) groups excluding carboxylic acids is 1. The van der Waals surface area contributed by atoms with Crippen LogP contribution in [0.2, 0.25) is 0 Å². The molecule has 1 aromatic rings. The van der Waals surface area contributed by atoms with Gasteiger partial charge in [-0.3, -0.25) is 4.79 Å². The highest BCUT2D eigenvalue weighted by Gasteiger charge is 2.32. The van der Waals surface area contributed by atoms with Gasteiger partial charge in [0.15, 0.2) is 0 Å². The highest BCUT2D eigenvalue weighted by atomic mass is 32.1. The summed E-state index contributed by atoms with van der Waals surface area (Å²) in [6, 6.07) is 4.71. The van der Waals surface area contributed by atoms with Crippen molar-refractivity contribution in [2.75, 3.05) is 0 Å². The molecule has 2 rings (SSSR count). The van der Waals surface area contributed by atoms with Crippen molar-refractivity contribution in [1.82, 2.24) is 4.90 Å². The Morgan fingerprint density at radius 3 is 2.94 bits per heavy atom. The van der Waals surface area contributed by atoms with Crippen LogP contribution < -0.4 is 0 Å². The molecule has 0 radical (unpaired) electrons. The number of thiophene rings is 1. The van der Waals surface area contributed by atoms with Gasteiger partial charge in [-0.2, -0.15) is 0 Å². The topological polar surface area (TPSA) is 20.3 Å². The first kappa shape index (κ1) is 11.6. The lowest BCUT2D eigenvalue weighted by molar-refractivity contribution is -0.132. The van der Waals surface area contributed by atoms with Crippen LogP contribution in [0.5, 0.6) is 0 Å². The third-order valence-electron chi connectivity index (χ3n) is 2.96. The molecule has 0 aromatic carbocycles. The molecule has 1 amide bonds. The van der Waals surface area contributed by atoms with Crippen molar-refractivity contribution in [1.29, 1.82) is 0 Å². The van der Waals surface area contributed by atoms with E-state index in [4.69, 9.17) is 0 Å². The molecule has 1 aliphatic carbocycles. The first-order chi connectivity index (χ1) is 7.81. The van der Waals surface area contributed by atoms with E-state index in [1.807, 2.05) is 0 Å². The molecule has 1 fully saturated rings. The molecule has 1 heterocycles. The van der Waals surface area contributed by atoms with Gasteiger partial charge in [-0.05, 0) is 30.7 Å². The average molecular weight is 237 g/mol. The predicted octanol–water partition coefficient (Wildman–Crippen LogP) is 3.43. The Bertz CT molecular complexity index is 330. The van der Waals surface area contributed by atoms with E-state index in [-0.39, 0.29) is 0 Å². The first-order valence-electron chi connectivity index (χ1n) is 6.13. The van der Waals surface area contributed by atoms with Gasteiger partial charge in [0.05, 0.1) is 6.54 Å². The number of nitrogens with zero attached hydrogens (tertiary/aromatic N) is 1. The fourth-order valence-electron chi connectivity index (χ4n) is 1.85. The Morgan fingerprint density at radius 1 is 1.56 bits per heavy atom. The predicted molar refractivity (Wildman–Crippen MR) is 67.4 cm³/mol. The molecule has 0 unspecified atom stereocenters. The molecule has 3 heteroatoms. The summed E-state index contributed by atoms with van der Waals surface area (Å²) < 4.78 is 0. The number of amides is 1. The quantitative estimate of drug-likeness (QED) is 0.742. The van der Waals surface area contributed by atoms with Crippen LogP contribution in [0, 0.1) is 0 Å². The molecule has 1 aliphatic rings. The summed E-state index contributed by atoms with van der Waals surface area (Å²) in [6.45, 7) is 2.96. The Labute approximate surface area is 101 Å². The summed E-state index contributed by atoms with van der Waals surface area (Å²) in [4.78, 5) is 15.4.